The molecule has 2 heteroatoms. The van der Waals surface area contributed by atoms with Crippen LogP contribution in [-0.2, 0) is 9.53 Å². The van der Waals surface area contributed by atoms with Gasteiger partial charge in [-0.2, -0.15) is 0 Å². The molecule has 1 aliphatic rings. The first-order valence-electron chi connectivity index (χ1n) is 4.07. The number of carbonyl (C=O) groups excluding carboxylic acids is 1. The molecule has 1 fully saturated rings. The van der Waals surface area contributed by atoms with Gasteiger partial charge in [0.1, 0.15) is 5.76 Å². The van der Waals surface area contributed by atoms with Crippen molar-refractivity contribution in [3.63, 3.8) is 0 Å². The smallest absolute Gasteiger partial charge is 0.307 e. The summed E-state index contributed by atoms with van der Waals surface area (Å²) >= 11 is 0. The Labute approximate surface area is 67.2 Å². The fourth-order valence-electron chi connectivity index (χ4n) is 1.52. The Bertz CT molecular complexity index is 166. The van der Waals surface area contributed by atoms with Crippen molar-refractivity contribution in [1.82, 2.24) is 0 Å². The van der Waals surface area contributed by atoms with Gasteiger partial charge in [-0.3, -0.25) is 4.79 Å². The van der Waals surface area contributed by atoms with Crippen molar-refractivity contribution in [2.24, 2.45) is 5.92 Å². The minimum atomic E-state index is -0.248. The van der Waals surface area contributed by atoms with E-state index >= 15 is 0 Å². The summed E-state index contributed by atoms with van der Waals surface area (Å²) in [6.45, 7) is 5.15. The van der Waals surface area contributed by atoms with Crippen molar-refractivity contribution in [2.75, 3.05) is 0 Å². The maximum absolute atomic E-state index is 10.5. The lowest BCUT2D eigenvalue weighted by atomic mass is 10.1. The highest BCUT2D eigenvalue weighted by atomic mass is 16.5. The summed E-state index contributed by atoms with van der Waals surface area (Å²) < 4.78 is 4.90. The Balaban J connectivity index is 2.34. The minimum Gasteiger partial charge on any atom is -0.432 e. The van der Waals surface area contributed by atoms with Crippen LogP contribution in [0.2, 0.25) is 0 Å². The molecular weight excluding hydrogens is 140 g/mol. The molecular formula is C9H14O2. The molecule has 0 aromatic heterocycles. The minimum absolute atomic E-state index is 0.248. The molecule has 1 rings (SSSR count). The van der Waals surface area contributed by atoms with E-state index in [1.807, 2.05) is 0 Å². The molecule has 0 unspecified atom stereocenters. The molecule has 1 saturated carbocycles. The molecule has 0 aromatic rings. The number of ether oxygens (including phenoxy) is 1. The molecule has 0 spiro atoms. The average molecular weight is 154 g/mol. The zero-order chi connectivity index (χ0) is 8.27. The van der Waals surface area contributed by atoms with Crippen molar-refractivity contribution >= 4 is 5.97 Å². The molecule has 0 atom stereocenters. The highest BCUT2D eigenvalue weighted by molar-refractivity contribution is 5.67. The third-order valence-corrected chi connectivity index (χ3v) is 2.09. The maximum atomic E-state index is 10.5. The van der Waals surface area contributed by atoms with Crippen LogP contribution in [0.3, 0.4) is 0 Å². The Kier molecular flexibility index (Phi) is 2.69. The number of rotatable bonds is 2. The summed E-state index contributed by atoms with van der Waals surface area (Å²) in [7, 11) is 0. The van der Waals surface area contributed by atoms with Gasteiger partial charge >= 0.3 is 5.97 Å². The van der Waals surface area contributed by atoms with E-state index in [9.17, 15) is 4.79 Å². The molecule has 0 aromatic carbocycles. The molecule has 0 N–H and O–H groups in total. The Morgan fingerprint density at radius 1 is 1.45 bits per heavy atom. The number of hydrogen-bond acceptors (Lipinski definition) is 2. The first kappa shape index (κ1) is 8.31. The molecule has 11 heavy (non-hydrogen) atoms. The number of carbonyl (C=O) groups is 1. The largest absolute Gasteiger partial charge is 0.432 e. The standard InChI is InChI=1S/C9H14O2/c1-7(11-8(2)10)9-5-3-4-6-9/h9H,1,3-6H2,2H3. The quantitative estimate of drug-likeness (QED) is 0.450. The number of esters is 1. The maximum Gasteiger partial charge on any atom is 0.307 e. The molecule has 62 valence electrons. The van der Waals surface area contributed by atoms with Gasteiger partial charge < -0.3 is 4.74 Å². The first-order valence-corrected chi connectivity index (χ1v) is 4.07. The average Bonchev–Trinajstić information content (AvgIpc) is 2.35. The van der Waals surface area contributed by atoms with Gasteiger partial charge in [-0.25, -0.2) is 0 Å². The lowest BCUT2D eigenvalue weighted by Crippen LogP contribution is -2.05. The van der Waals surface area contributed by atoms with Crippen LogP contribution in [0.4, 0.5) is 0 Å². The SMILES string of the molecule is C=C(OC(C)=O)C1CCCC1. The van der Waals surface area contributed by atoms with Gasteiger partial charge in [0.05, 0.1) is 0 Å². The topological polar surface area (TPSA) is 26.3 Å². The van der Waals surface area contributed by atoms with Crippen LogP contribution in [0.5, 0.6) is 0 Å². The number of allylic oxidation sites excluding steroid dienone is 1. The number of hydrogen-bond donors (Lipinski definition) is 0. The van der Waals surface area contributed by atoms with Crippen molar-refractivity contribution in [3.05, 3.63) is 12.3 Å². The third kappa shape index (κ3) is 2.37. The van der Waals surface area contributed by atoms with E-state index in [4.69, 9.17) is 4.74 Å². The highest BCUT2D eigenvalue weighted by Gasteiger charge is 2.19. The molecule has 0 amide bonds. The summed E-state index contributed by atoms with van der Waals surface area (Å²) in [5.41, 5.74) is 0. The van der Waals surface area contributed by atoms with Crippen LogP contribution in [0, 0.1) is 5.92 Å². The monoisotopic (exact) mass is 154 g/mol. The van der Waals surface area contributed by atoms with E-state index in [1.165, 1.54) is 19.8 Å². The van der Waals surface area contributed by atoms with E-state index in [2.05, 4.69) is 6.58 Å². The van der Waals surface area contributed by atoms with Gasteiger partial charge in [0.15, 0.2) is 0 Å². The van der Waals surface area contributed by atoms with Gasteiger partial charge in [0, 0.05) is 12.8 Å². The van der Waals surface area contributed by atoms with E-state index in [0.29, 0.717) is 11.7 Å². The fraction of sp³-hybridized carbons (Fsp3) is 0.667. The van der Waals surface area contributed by atoms with E-state index in [1.54, 1.807) is 0 Å². The van der Waals surface area contributed by atoms with Gasteiger partial charge in [-0.15, -0.1) is 0 Å². The summed E-state index contributed by atoms with van der Waals surface area (Å²) in [4.78, 5) is 10.5. The molecule has 0 saturated heterocycles. The third-order valence-electron chi connectivity index (χ3n) is 2.09. The van der Waals surface area contributed by atoms with E-state index in [0.717, 1.165) is 12.8 Å². The molecule has 1 aliphatic carbocycles. The Morgan fingerprint density at radius 2 is 2.00 bits per heavy atom. The second-order valence-electron chi connectivity index (χ2n) is 3.04. The lowest BCUT2D eigenvalue weighted by Gasteiger charge is -2.10. The Morgan fingerprint density at radius 3 is 2.45 bits per heavy atom. The van der Waals surface area contributed by atoms with Crippen LogP contribution in [0.15, 0.2) is 12.3 Å². The summed E-state index contributed by atoms with van der Waals surface area (Å²) in [5, 5.41) is 0. The predicted octanol–water partition coefficient (Wildman–Crippen LogP) is 2.25. The van der Waals surface area contributed by atoms with Crippen molar-refractivity contribution < 1.29 is 9.53 Å². The van der Waals surface area contributed by atoms with Gasteiger partial charge in [-0.1, -0.05) is 19.4 Å². The highest BCUT2D eigenvalue weighted by Crippen LogP contribution is 2.30. The predicted molar refractivity (Wildman–Crippen MR) is 42.9 cm³/mol. The van der Waals surface area contributed by atoms with Gasteiger partial charge in [0.2, 0.25) is 0 Å². The van der Waals surface area contributed by atoms with Crippen LogP contribution in [0.25, 0.3) is 0 Å². The van der Waals surface area contributed by atoms with Crippen molar-refractivity contribution in [1.29, 1.82) is 0 Å². The zero-order valence-corrected chi connectivity index (χ0v) is 6.93. The lowest BCUT2D eigenvalue weighted by molar-refractivity contribution is -0.137. The normalized spacial score (nSPS) is 18.3. The van der Waals surface area contributed by atoms with Crippen LogP contribution in [-0.4, -0.2) is 5.97 Å². The first-order chi connectivity index (χ1) is 5.20. The van der Waals surface area contributed by atoms with Crippen molar-refractivity contribution in [2.45, 2.75) is 32.6 Å². The molecule has 0 radical (unpaired) electrons. The van der Waals surface area contributed by atoms with Gasteiger partial charge in [0.25, 0.3) is 0 Å². The van der Waals surface area contributed by atoms with Gasteiger partial charge in [-0.05, 0) is 12.8 Å². The van der Waals surface area contributed by atoms with Crippen LogP contribution >= 0.6 is 0 Å². The molecule has 0 bridgehead atoms. The van der Waals surface area contributed by atoms with Crippen LogP contribution in [0.1, 0.15) is 32.6 Å². The molecule has 0 heterocycles. The molecule has 2 nitrogen and oxygen atoms in total. The zero-order valence-electron chi connectivity index (χ0n) is 6.93. The van der Waals surface area contributed by atoms with E-state index in [-0.39, 0.29) is 5.97 Å². The Hall–Kier alpha value is -0.790. The van der Waals surface area contributed by atoms with Crippen molar-refractivity contribution in [3.8, 4) is 0 Å². The summed E-state index contributed by atoms with van der Waals surface area (Å²) in [6, 6.07) is 0. The summed E-state index contributed by atoms with van der Waals surface area (Å²) in [5.74, 6) is 0.843. The molecule has 0 aliphatic heterocycles. The summed E-state index contributed by atoms with van der Waals surface area (Å²) in [6.07, 6.45) is 4.74. The van der Waals surface area contributed by atoms with Crippen LogP contribution < -0.4 is 0 Å². The fourth-order valence-corrected chi connectivity index (χ4v) is 1.52. The second kappa shape index (κ2) is 3.56. The second-order valence-corrected chi connectivity index (χ2v) is 3.04. The van der Waals surface area contributed by atoms with E-state index < -0.39 is 0 Å².